The first kappa shape index (κ1) is 13.2. The second-order valence-electron chi connectivity index (χ2n) is 5.79. The van der Waals surface area contributed by atoms with E-state index in [1.807, 2.05) is 0 Å². The van der Waals surface area contributed by atoms with Crippen LogP contribution in [-0.2, 0) is 9.59 Å². The Kier molecular flexibility index (Phi) is 2.83. The third kappa shape index (κ3) is 1.60. The summed E-state index contributed by atoms with van der Waals surface area (Å²) >= 11 is 0. The second kappa shape index (κ2) is 3.87. The van der Waals surface area contributed by atoms with Crippen molar-refractivity contribution in [3.05, 3.63) is 24.3 Å². The highest BCUT2D eigenvalue weighted by molar-refractivity contribution is 6.17. The van der Waals surface area contributed by atoms with E-state index in [1.165, 1.54) is 6.08 Å². The Bertz CT molecular complexity index is 460. The zero-order chi connectivity index (χ0) is 13.7. The number of fused-ring (bicyclic) bond motifs is 2. The normalized spacial score (nSPS) is 38.3. The van der Waals surface area contributed by atoms with Gasteiger partial charge in [0.25, 0.3) is 0 Å². The van der Waals surface area contributed by atoms with E-state index in [2.05, 4.69) is 6.58 Å². The Balaban J connectivity index is 2.57. The van der Waals surface area contributed by atoms with Crippen LogP contribution in [0.25, 0.3) is 0 Å². The summed E-state index contributed by atoms with van der Waals surface area (Å²) in [5, 5.41) is 20.4. The van der Waals surface area contributed by atoms with Crippen molar-refractivity contribution in [3.8, 4) is 0 Å². The fourth-order valence-electron chi connectivity index (χ4n) is 2.89. The summed E-state index contributed by atoms with van der Waals surface area (Å²) < 4.78 is 0. The van der Waals surface area contributed by atoms with Crippen LogP contribution in [0.5, 0.6) is 0 Å². The van der Waals surface area contributed by atoms with Gasteiger partial charge in [0, 0.05) is 11.8 Å². The van der Waals surface area contributed by atoms with Crippen LogP contribution in [0.4, 0.5) is 0 Å². The topological polar surface area (TPSA) is 74.6 Å². The van der Waals surface area contributed by atoms with Crippen molar-refractivity contribution in [2.45, 2.75) is 38.4 Å². The highest BCUT2D eigenvalue weighted by Gasteiger charge is 2.60. The molecule has 18 heavy (non-hydrogen) atoms. The molecule has 1 saturated carbocycles. The van der Waals surface area contributed by atoms with Crippen molar-refractivity contribution >= 4 is 11.6 Å². The van der Waals surface area contributed by atoms with Crippen LogP contribution in [0, 0.1) is 11.3 Å². The Morgan fingerprint density at radius 3 is 2.67 bits per heavy atom. The van der Waals surface area contributed by atoms with Crippen LogP contribution in [0.3, 0.4) is 0 Å². The molecule has 4 nitrogen and oxygen atoms in total. The SMILES string of the molecule is C=CCC1=C[C@@]2(O)CC(O)C(C)(C)[C@@H](C1=O)C2=O. The van der Waals surface area contributed by atoms with E-state index in [0.29, 0.717) is 12.0 Å². The Morgan fingerprint density at radius 1 is 1.50 bits per heavy atom. The molecular weight excluding hydrogens is 232 g/mol. The maximum absolute atomic E-state index is 12.3. The van der Waals surface area contributed by atoms with Crippen molar-refractivity contribution in [1.29, 1.82) is 0 Å². The predicted octanol–water partition coefficient (Wildman–Crippen LogP) is 0.779. The summed E-state index contributed by atoms with van der Waals surface area (Å²) in [5.41, 5.74) is -2.13. The lowest BCUT2D eigenvalue weighted by molar-refractivity contribution is -0.167. The van der Waals surface area contributed by atoms with Crippen LogP contribution >= 0.6 is 0 Å². The summed E-state index contributed by atoms with van der Waals surface area (Å²) in [6.07, 6.45) is 2.27. The molecule has 98 valence electrons. The van der Waals surface area contributed by atoms with Crippen molar-refractivity contribution < 1.29 is 19.8 Å². The molecule has 0 spiro atoms. The molecule has 2 bridgehead atoms. The molecule has 0 radical (unpaired) electrons. The molecule has 0 aromatic rings. The standard InChI is InChI=1S/C14H18O4/c1-4-5-8-6-14(18)7-9(15)13(2,3)10(11(8)16)12(14)17/h4,6,9-10,15,18H,1,5,7H2,2-3H3/t9?,10-,14+/m0/s1. The number of rotatable bonds is 2. The molecule has 0 saturated heterocycles. The fraction of sp³-hybridized carbons (Fsp3) is 0.571. The third-order valence-electron chi connectivity index (χ3n) is 4.15. The number of hydrogen-bond acceptors (Lipinski definition) is 4. The van der Waals surface area contributed by atoms with Crippen LogP contribution < -0.4 is 0 Å². The van der Waals surface area contributed by atoms with Gasteiger partial charge in [0.15, 0.2) is 11.6 Å². The molecule has 0 aliphatic heterocycles. The minimum atomic E-state index is -1.70. The molecule has 2 N–H and O–H groups in total. The van der Waals surface area contributed by atoms with E-state index >= 15 is 0 Å². The molecule has 2 aliphatic carbocycles. The molecule has 2 aliphatic rings. The minimum Gasteiger partial charge on any atom is -0.392 e. The van der Waals surface area contributed by atoms with Crippen LogP contribution in [0.1, 0.15) is 26.7 Å². The number of aliphatic hydroxyl groups is 2. The van der Waals surface area contributed by atoms with E-state index in [-0.39, 0.29) is 12.2 Å². The van der Waals surface area contributed by atoms with Gasteiger partial charge in [-0.2, -0.15) is 0 Å². The number of aliphatic hydroxyl groups excluding tert-OH is 1. The number of carbonyl (C=O) groups is 2. The van der Waals surface area contributed by atoms with Gasteiger partial charge in [-0.05, 0) is 18.1 Å². The van der Waals surface area contributed by atoms with Crippen LogP contribution in [0.2, 0.25) is 0 Å². The van der Waals surface area contributed by atoms with E-state index in [4.69, 9.17) is 0 Å². The summed E-state index contributed by atoms with van der Waals surface area (Å²) in [6, 6.07) is 0. The van der Waals surface area contributed by atoms with Gasteiger partial charge in [-0.3, -0.25) is 9.59 Å². The first-order chi connectivity index (χ1) is 8.24. The number of carbonyl (C=O) groups excluding carboxylic acids is 2. The highest BCUT2D eigenvalue weighted by Crippen LogP contribution is 2.47. The fourth-order valence-corrected chi connectivity index (χ4v) is 2.89. The van der Waals surface area contributed by atoms with E-state index in [0.717, 1.165) is 0 Å². The smallest absolute Gasteiger partial charge is 0.179 e. The summed E-state index contributed by atoms with van der Waals surface area (Å²) in [7, 11) is 0. The lowest BCUT2D eigenvalue weighted by Crippen LogP contribution is -2.62. The van der Waals surface area contributed by atoms with Gasteiger partial charge in [-0.1, -0.05) is 19.9 Å². The van der Waals surface area contributed by atoms with Gasteiger partial charge in [-0.15, -0.1) is 6.58 Å². The van der Waals surface area contributed by atoms with Crippen molar-refractivity contribution in [2.24, 2.45) is 11.3 Å². The molecule has 4 heteroatoms. The minimum absolute atomic E-state index is 0.0523. The molecule has 2 rings (SSSR count). The van der Waals surface area contributed by atoms with Crippen molar-refractivity contribution in [3.63, 3.8) is 0 Å². The summed E-state index contributed by atoms with van der Waals surface area (Å²) in [5.74, 6) is -1.75. The van der Waals surface area contributed by atoms with E-state index < -0.39 is 28.8 Å². The maximum Gasteiger partial charge on any atom is 0.179 e. The zero-order valence-electron chi connectivity index (χ0n) is 10.6. The number of Topliss-reactive ketones (excluding diaryl/α,β-unsaturated/α-hetero) is 2. The zero-order valence-corrected chi connectivity index (χ0v) is 10.6. The van der Waals surface area contributed by atoms with Gasteiger partial charge >= 0.3 is 0 Å². The van der Waals surface area contributed by atoms with Crippen LogP contribution in [0.15, 0.2) is 24.3 Å². The van der Waals surface area contributed by atoms with Gasteiger partial charge in [0.1, 0.15) is 5.60 Å². The molecule has 3 atom stereocenters. The molecule has 1 unspecified atom stereocenters. The molecule has 0 heterocycles. The Morgan fingerprint density at radius 2 is 2.11 bits per heavy atom. The predicted molar refractivity (Wildman–Crippen MR) is 65.8 cm³/mol. The summed E-state index contributed by atoms with van der Waals surface area (Å²) in [4.78, 5) is 24.5. The van der Waals surface area contributed by atoms with Crippen molar-refractivity contribution in [2.75, 3.05) is 0 Å². The molecular formula is C14H18O4. The van der Waals surface area contributed by atoms with E-state index in [1.54, 1.807) is 19.9 Å². The van der Waals surface area contributed by atoms with Gasteiger partial charge in [0.2, 0.25) is 0 Å². The molecule has 1 fully saturated rings. The number of ketones is 2. The average molecular weight is 250 g/mol. The number of hydrogen-bond donors (Lipinski definition) is 2. The largest absolute Gasteiger partial charge is 0.392 e. The monoisotopic (exact) mass is 250 g/mol. The summed E-state index contributed by atoms with van der Waals surface area (Å²) in [6.45, 7) is 6.95. The lowest BCUT2D eigenvalue weighted by Gasteiger charge is -2.49. The van der Waals surface area contributed by atoms with Crippen LogP contribution in [-0.4, -0.2) is 33.5 Å². The Hall–Kier alpha value is -1.26. The quantitative estimate of drug-likeness (QED) is 0.561. The van der Waals surface area contributed by atoms with Gasteiger partial charge < -0.3 is 10.2 Å². The maximum atomic E-state index is 12.3. The van der Waals surface area contributed by atoms with Crippen molar-refractivity contribution in [1.82, 2.24) is 0 Å². The number of allylic oxidation sites excluding steroid dienone is 2. The molecule has 0 aromatic heterocycles. The van der Waals surface area contributed by atoms with Gasteiger partial charge in [-0.25, -0.2) is 0 Å². The highest BCUT2D eigenvalue weighted by atomic mass is 16.3. The third-order valence-corrected chi connectivity index (χ3v) is 4.15. The van der Waals surface area contributed by atoms with Gasteiger partial charge in [0.05, 0.1) is 12.0 Å². The molecule has 0 amide bonds. The molecule has 0 aromatic carbocycles. The second-order valence-corrected chi connectivity index (χ2v) is 5.79. The van der Waals surface area contributed by atoms with E-state index in [9.17, 15) is 19.8 Å². The first-order valence-electron chi connectivity index (χ1n) is 6.05. The Labute approximate surface area is 106 Å². The first-order valence-corrected chi connectivity index (χ1v) is 6.05. The lowest BCUT2D eigenvalue weighted by atomic mass is 9.56. The average Bonchev–Trinajstić information content (AvgIpc) is 2.25.